The Balaban J connectivity index is 2.05. The molecule has 0 aromatic heterocycles. The Morgan fingerprint density at radius 2 is 2.09 bits per heavy atom. The fourth-order valence-corrected chi connectivity index (χ4v) is 3.24. The minimum Gasteiger partial charge on any atom is -0.378 e. The summed E-state index contributed by atoms with van der Waals surface area (Å²) in [7, 11) is -3.92. The van der Waals surface area contributed by atoms with Crippen LogP contribution in [0.4, 0.5) is 5.69 Å². The number of sulfonamides is 1. The van der Waals surface area contributed by atoms with Crippen molar-refractivity contribution in [2.24, 2.45) is 0 Å². The molecule has 1 aromatic carbocycles. The number of carbonyl (C=O) groups excluding carboxylic acids is 2. The molecular weight excluding hydrogens is 320 g/mol. The molecule has 0 unspecified atom stereocenters. The van der Waals surface area contributed by atoms with Crippen LogP contribution in [-0.2, 0) is 30.8 Å². The van der Waals surface area contributed by atoms with E-state index >= 15 is 0 Å². The molecule has 0 fully saturated rings. The van der Waals surface area contributed by atoms with Gasteiger partial charge in [0, 0.05) is 12.1 Å². The molecule has 2 N–H and O–H groups in total. The van der Waals surface area contributed by atoms with Gasteiger partial charge < -0.3 is 10.1 Å². The van der Waals surface area contributed by atoms with Gasteiger partial charge >= 0.3 is 0 Å². The second-order valence-electron chi connectivity index (χ2n) is 5.57. The van der Waals surface area contributed by atoms with Crippen LogP contribution in [0.2, 0.25) is 0 Å². The summed E-state index contributed by atoms with van der Waals surface area (Å²) in [6.45, 7) is 3.83. The number of ether oxygens (including phenoxy) is 1. The molecular formula is C15H20N2O5S. The summed E-state index contributed by atoms with van der Waals surface area (Å²) in [5.41, 5.74) is 1.35. The second-order valence-corrected chi connectivity index (χ2v) is 7.25. The SMILES string of the molecule is CC(C)OCCC(=O)NS(=O)(=O)c1ccc2c(c1)CCC(=O)N2. The van der Waals surface area contributed by atoms with E-state index in [2.05, 4.69) is 5.32 Å². The first-order chi connectivity index (χ1) is 10.8. The van der Waals surface area contributed by atoms with Crippen LogP contribution in [-0.4, -0.2) is 32.9 Å². The number of benzene rings is 1. The average molecular weight is 340 g/mol. The quantitative estimate of drug-likeness (QED) is 0.810. The van der Waals surface area contributed by atoms with E-state index in [-0.39, 0.29) is 29.9 Å². The Kier molecular flexibility index (Phi) is 5.38. The normalized spacial score (nSPS) is 14.3. The number of hydrogen-bond acceptors (Lipinski definition) is 5. The Hall–Kier alpha value is -1.93. The van der Waals surface area contributed by atoms with E-state index in [1.165, 1.54) is 18.2 Å². The van der Waals surface area contributed by atoms with Gasteiger partial charge in [-0.1, -0.05) is 0 Å². The highest BCUT2D eigenvalue weighted by Gasteiger charge is 2.21. The number of amides is 2. The van der Waals surface area contributed by atoms with Crippen LogP contribution in [0.1, 0.15) is 32.3 Å². The first kappa shape index (κ1) is 17.4. The van der Waals surface area contributed by atoms with Crippen molar-refractivity contribution in [3.8, 4) is 0 Å². The molecule has 23 heavy (non-hydrogen) atoms. The molecule has 1 heterocycles. The van der Waals surface area contributed by atoms with E-state index in [0.29, 0.717) is 18.5 Å². The van der Waals surface area contributed by atoms with Crippen LogP contribution in [0.3, 0.4) is 0 Å². The molecule has 0 bridgehead atoms. The molecule has 7 nitrogen and oxygen atoms in total. The van der Waals surface area contributed by atoms with Gasteiger partial charge in [0.25, 0.3) is 10.0 Å². The molecule has 2 rings (SSSR count). The van der Waals surface area contributed by atoms with E-state index in [1.807, 2.05) is 18.6 Å². The topological polar surface area (TPSA) is 102 Å². The Morgan fingerprint density at radius 3 is 2.78 bits per heavy atom. The molecule has 0 aliphatic carbocycles. The molecule has 0 atom stereocenters. The highest BCUT2D eigenvalue weighted by atomic mass is 32.2. The maximum Gasteiger partial charge on any atom is 0.264 e. The van der Waals surface area contributed by atoms with E-state index in [0.717, 1.165) is 5.56 Å². The van der Waals surface area contributed by atoms with Gasteiger partial charge in [0.1, 0.15) is 0 Å². The molecule has 0 saturated carbocycles. The van der Waals surface area contributed by atoms with Crippen molar-refractivity contribution >= 4 is 27.5 Å². The van der Waals surface area contributed by atoms with Crippen LogP contribution < -0.4 is 10.0 Å². The van der Waals surface area contributed by atoms with Gasteiger partial charge in [-0.2, -0.15) is 0 Å². The summed E-state index contributed by atoms with van der Waals surface area (Å²) >= 11 is 0. The van der Waals surface area contributed by atoms with Crippen molar-refractivity contribution in [3.63, 3.8) is 0 Å². The van der Waals surface area contributed by atoms with Crippen LogP contribution in [0, 0.1) is 0 Å². The molecule has 8 heteroatoms. The van der Waals surface area contributed by atoms with Crippen molar-refractivity contribution < 1.29 is 22.7 Å². The van der Waals surface area contributed by atoms with Crippen LogP contribution in [0.5, 0.6) is 0 Å². The monoisotopic (exact) mass is 340 g/mol. The lowest BCUT2D eigenvalue weighted by Crippen LogP contribution is -2.31. The molecule has 126 valence electrons. The van der Waals surface area contributed by atoms with Gasteiger partial charge in [-0.3, -0.25) is 9.59 Å². The molecule has 1 aliphatic rings. The minimum atomic E-state index is -3.92. The fraction of sp³-hybridized carbons (Fsp3) is 0.467. The zero-order valence-corrected chi connectivity index (χ0v) is 13.9. The molecule has 1 aromatic rings. The number of hydrogen-bond donors (Lipinski definition) is 2. The second kappa shape index (κ2) is 7.10. The lowest BCUT2D eigenvalue weighted by molar-refractivity contribution is -0.120. The van der Waals surface area contributed by atoms with Gasteiger partial charge in [0.05, 0.1) is 24.0 Å². The fourth-order valence-electron chi connectivity index (χ4n) is 2.17. The molecule has 0 spiro atoms. The van der Waals surface area contributed by atoms with E-state index in [1.54, 1.807) is 0 Å². The number of aryl methyl sites for hydroxylation is 1. The first-order valence-corrected chi connectivity index (χ1v) is 8.86. The third-order valence-corrected chi connectivity index (χ3v) is 4.68. The van der Waals surface area contributed by atoms with Crippen LogP contribution in [0.15, 0.2) is 23.1 Å². The van der Waals surface area contributed by atoms with E-state index in [9.17, 15) is 18.0 Å². The standard InChI is InChI=1S/C15H20N2O5S/c1-10(2)22-8-7-15(19)17-23(20,21)12-4-5-13-11(9-12)3-6-14(18)16-13/h4-5,9-10H,3,6-8H2,1-2H3,(H,16,18)(H,17,19). The lowest BCUT2D eigenvalue weighted by atomic mass is 10.0. The first-order valence-electron chi connectivity index (χ1n) is 7.38. The van der Waals surface area contributed by atoms with Crippen molar-refractivity contribution in [1.82, 2.24) is 4.72 Å². The van der Waals surface area contributed by atoms with Crippen LogP contribution >= 0.6 is 0 Å². The van der Waals surface area contributed by atoms with Gasteiger partial charge in [-0.15, -0.1) is 0 Å². The van der Waals surface area contributed by atoms with Crippen LogP contribution in [0.25, 0.3) is 0 Å². The maximum atomic E-state index is 12.2. The summed E-state index contributed by atoms with van der Waals surface area (Å²) < 4.78 is 31.7. The molecule has 2 amide bonds. The molecule has 0 saturated heterocycles. The predicted molar refractivity (Wildman–Crippen MR) is 84.4 cm³/mol. The van der Waals surface area contributed by atoms with Crippen molar-refractivity contribution in [2.45, 2.75) is 44.1 Å². The van der Waals surface area contributed by atoms with E-state index < -0.39 is 15.9 Å². The Labute approximate surface area is 135 Å². The van der Waals surface area contributed by atoms with Gasteiger partial charge in [0.2, 0.25) is 11.8 Å². The van der Waals surface area contributed by atoms with E-state index in [4.69, 9.17) is 4.74 Å². The number of fused-ring (bicyclic) bond motifs is 1. The van der Waals surface area contributed by atoms with Gasteiger partial charge in [-0.05, 0) is 44.0 Å². The smallest absolute Gasteiger partial charge is 0.264 e. The van der Waals surface area contributed by atoms with Crippen molar-refractivity contribution in [2.75, 3.05) is 11.9 Å². The van der Waals surface area contributed by atoms with Gasteiger partial charge in [-0.25, -0.2) is 13.1 Å². The molecule has 1 aliphatic heterocycles. The summed E-state index contributed by atoms with van der Waals surface area (Å²) in [5.74, 6) is -0.705. The summed E-state index contributed by atoms with van der Waals surface area (Å²) in [6, 6.07) is 4.38. The minimum absolute atomic E-state index is 0.00512. The number of rotatable bonds is 6. The predicted octanol–water partition coefficient (Wildman–Crippen LogP) is 1.19. The number of anilines is 1. The highest BCUT2D eigenvalue weighted by Crippen LogP contribution is 2.25. The lowest BCUT2D eigenvalue weighted by Gasteiger charge is -2.17. The zero-order chi connectivity index (χ0) is 17.0. The third kappa shape index (κ3) is 4.77. The highest BCUT2D eigenvalue weighted by molar-refractivity contribution is 7.90. The maximum absolute atomic E-state index is 12.2. The number of nitrogens with one attached hydrogen (secondary N) is 2. The summed E-state index contributed by atoms with van der Waals surface area (Å²) in [4.78, 5) is 23.0. The summed E-state index contributed by atoms with van der Waals surface area (Å²) in [6.07, 6.45) is 0.740. The van der Waals surface area contributed by atoms with Crippen molar-refractivity contribution in [3.05, 3.63) is 23.8 Å². The van der Waals surface area contributed by atoms with Gasteiger partial charge in [0.15, 0.2) is 0 Å². The largest absolute Gasteiger partial charge is 0.378 e. The van der Waals surface area contributed by atoms with Crippen molar-refractivity contribution in [1.29, 1.82) is 0 Å². The Morgan fingerprint density at radius 1 is 1.35 bits per heavy atom. The Bertz CT molecular complexity index is 713. The number of carbonyl (C=O) groups is 2. The zero-order valence-electron chi connectivity index (χ0n) is 13.1. The third-order valence-electron chi connectivity index (χ3n) is 3.31. The average Bonchev–Trinajstić information content (AvgIpc) is 2.45. The molecule has 0 radical (unpaired) electrons. The summed E-state index contributed by atoms with van der Waals surface area (Å²) in [5, 5.41) is 2.68.